The molecule has 0 bridgehead atoms. The fourth-order valence-corrected chi connectivity index (χ4v) is 7.49. The third-order valence-corrected chi connectivity index (χ3v) is 8.53. The lowest BCUT2D eigenvalue weighted by atomic mass is 9.62. The molecule has 34 heavy (non-hydrogen) atoms. The molecule has 0 amide bonds. The minimum absolute atomic E-state index is 0.317. The van der Waals surface area contributed by atoms with Crippen LogP contribution >= 0.6 is 0 Å². The molecule has 0 fully saturated rings. The third kappa shape index (κ3) is 1.71. The molecule has 0 saturated heterocycles. The highest BCUT2D eigenvalue weighted by Crippen LogP contribution is 2.65. The Morgan fingerprint density at radius 3 is 2.12 bits per heavy atom. The Kier molecular flexibility index (Phi) is 2.93. The van der Waals surface area contributed by atoms with Gasteiger partial charge in [-0.05, 0) is 56.0 Å². The number of ether oxygens (including phenoxy) is 1. The Morgan fingerprint density at radius 2 is 1.32 bits per heavy atom. The quantitative estimate of drug-likeness (QED) is 0.297. The van der Waals surface area contributed by atoms with Crippen LogP contribution in [0.2, 0.25) is 0 Å². The summed E-state index contributed by atoms with van der Waals surface area (Å²) in [5.41, 5.74) is 15.2. The van der Waals surface area contributed by atoms with E-state index in [2.05, 4.69) is 97.1 Å². The second-order valence-corrected chi connectivity index (χ2v) is 9.90. The van der Waals surface area contributed by atoms with Crippen molar-refractivity contribution in [3.63, 3.8) is 0 Å². The largest absolute Gasteiger partial charge is 0.488 e. The lowest BCUT2D eigenvalue weighted by molar-refractivity contribution is 0.362. The summed E-state index contributed by atoms with van der Waals surface area (Å²) in [5.74, 6) is 1.03. The van der Waals surface area contributed by atoms with Crippen molar-refractivity contribution in [1.29, 1.82) is 0 Å². The first-order valence-corrected chi connectivity index (χ1v) is 12.1. The highest BCUT2D eigenvalue weighted by molar-refractivity contribution is 6.74. The molecule has 0 N–H and O–H groups in total. The molecule has 0 aromatic heterocycles. The Hall–Kier alpha value is -4.04. The summed E-state index contributed by atoms with van der Waals surface area (Å²) in [6.45, 7) is 0.622. The van der Waals surface area contributed by atoms with Gasteiger partial charge in [0.05, 0.1) is 5.41 Å². The van der Waals surface area contributed by atoms with Gasteiger partial charge in [0.15, 0.2) is 7.28 Å². The normalized spacial score (nSPS) is 16.1. The second-order valence-electron chi connectivity index (χ2n) is 9.90. The van der Waals surface area contributed by atoms with E-state index in [0.29, 0.717) is 6.61 Å². The predicted octanol–water partition coefficient (Wildman–Crippen LogP) is 5.29. The van der Waals surface area contributed by atoms with Gasteiger partial charge in [-0.15, -0.1) is 0 Å². The summed E-state index contributed by atoms with van der Waals surface area (Å²) < 4.78 is 6.39. The number of hydrogen-bond acceptors (Lipinski definition) is 1. The van der Waals surface area contributed by atoms with Crippen molar-refractivity contribution in [2.45, 2.75) is 5.41 Å². The maximum atomic E-state index is 6.39. The number of rotatable bonds is 0. The average molecular weight is 430 g/mol. The first-order valence-electron chi connectivity index (χ1n) is 12.1. The van der Waals surface area contributed by atoms with Crippen molar-refractivity contribution in [3.05, 3.63) is 119 Å². The van der Waals surface area contributed by atoms with E-state index in [1.54, 1.807) is 0 Å². The maximum Gasteiger partial charge on any atom is 0.193 e. The van der Waals surface area contributed by atoms with Gasteiger partial charge in [0.25, 0.3) is 0 Å². The molecule has 5 aromatic rings. The molecular weight excluding hydrogens is 411 g/mol. The summed E-state index contributed by atoms with van der Waals surface area (Å²) in [6, 6.07) is 31.8. The standard InChI is InChI=1S/C32H19BO/c1-2-9-19-18(8-1)27-20-10-3-4-12-22(20)32(30(27)21-11-7-17-34-31(19)21)23-13-5-15-25-28(23)29-24(32)14-6-16-26(29)33-25/h1-16,33H,17H2. The van der Waals surface area contributed by atoms with Crippen LogP contribution in [0.3, 0.4) is 0 Å². The zero-order valence-electron chi connectivity index (χ0n) is 18.6. The first-order chi connectivity index (χ1) is 16.9. The van der Waals surface area contributed by atoms with Crippen molar-refractivity contribution in [2.75, 3.05) is 6.61 Å². The minimum atomic E-state index is -0.317. The maximum absolute atomic E-state index is 6.39. The monoisotopic (exact) mass is 430 g/mol. The molecule has 0 saturated carbocycles. The van der Waals surface area contributed by atoms with Crippen LogP contribution in [0.5, 0.6) is 5.75 Å². The molecule has 0 atom stereocenters. The molecule has 5 aromatic carbocycles. The number of hydrogen-bond donors (Lipinski definition) is 0. The molecule has 156 valence electrons. The van der Waals surface area contributed by atoms with Crippen LogP contribution in [0.1, 0.15) is 27.8 Å². The smallest absolute Gasteiger partial charge is 0.193 e. The topological polar surface area (TPSA) is 9.23 Å². The van der Waals surface area contributed by atoms with E-state index in [9.17, 15) is 0 Å². The van der Waals surface area contributed by atoms with E-state index in [0.717, 1.165) is 13.0 Å². The van der Waals surface area contributed by atoms with Gasteiger partial charge in [0.1, 0.15) is 12.4 Å². The average Bonchev–Trinajstić information content (AvgIpc) is 3.53. The molecule has 4 aliphatic rings. The summed E-state index contributed by atoms with van der Waals surface area (Å²) in [5, 5.41) is 2.50. The van der Waals surface area contributed by atoms with Gasteiger partial charge in [0, 0.05) is 10.9 Å². The van der Waals surface area contributed by atoms with Crippen molar-refractivity contribution < 1.29 is 4.74 Å². The molecule has 0 unspecified atom stereocenters. The first kappa shape index (κ1) is 17.4. The Bertz CT molecular complexity index is 1740. The number of benzene rings is 5. The Labute approximate surface area is 198 Å². The molecule has 2 heterocycles. The van der Waals surface area contributed by atoms with Crippen LogP contribution in [0, 0.1) is 0 Å². The second kappa shape index (κ2) is 5.71. The minimum Gasteiger partial charge on any atom is -0.488 e. The van der Waals surface area contributed by atoms with E-state index in [-0.39, 0.29) is 5.41 Å². The molecule has 2 heteroatoms. The van der Waals surface area contributed by atoms with Crippen molar-refractivity contribution in [1.82, 2.24) is 0 Å². The van der Waals surface area contributed by atoms with Crippen LogP contribution in [0.4, 0.5) is 0 Å². The fourth-order valence-electron chi connectivity index (χ4n) is 7.49. The van der Waals surface area contributed by atoms with E-state index >= 15 is 0 Å². The fraction of sp³-hybridized carbons (Fsp3) is 0.0625. The summed E-state index contributed by atoms with van der Waals surface area (Å²) in [6.07, 6.45) is 4.48. The molecule has 9 rings (SSSR count). The zero-order valence-corrected chi connectivity index (χ0v) is 18.6. The van der Waals surface area contributed by atoms with E-state index in [1.807, 2.05) is 0 Å². The number of fused-ring (bicyclic) bond motifs is 12. The lowest BCUT2D eigenvalue weighted by Gasteiger charge is -2.33. The molecule has 2 aliphatic heterocycles. The third-order valence-electron chi connectivity index (χ3n) is 8.53. The van der Waals surface area contributed by atoms with E-state index < -0.39 is 0 Å². The molecule has 2 aliphatic carbocycles. The molecule has 0 radical (unpaired) electrons. The van der Waals surface area contributed by atoms with E-state index in [1.165, 1.54) is 71.8 Å². The summed E-state index contributed by atoms with van der Waals surface area (Å²) >= 11 is 0. The molecule has 1 nitrogen and oxygen atoms in total. The van der Waals surface area contributed by atoms with Crippen LogP contribution in [-0.2, 0) is 5.41 Å². The highest BCUT2D eigenvalue weighted by atomic mass is 16.5. The Morgan fingerprint density at radius 1 is 0.647 bits per heavy atom. The van der Waals surface area contributed by atoms with Crippen LogP contribution in [0.25, 0.3) is 39.1 Å². The van der Waals surface area contributed by atoms with E-state index in [4.69, 9.17) is 4.74 Å². The SMILES string of the molecule is B1c2cccc3c2-c2c1cccc2C31c2ccccc2-c2c1c1c(c3ccccc23)OCC=C1. The van der Waals surface area contributed by atoms with Gasteiger partial charge in [-0.25, -0.2) is 0 Å². The van der Waals surface area contributed by atoms with Crippen molar-refractivity contribution in [3.8, 4) is 28.0 Å². The molecular formula is C32H19BO. The van der Waals surface area contributed by atoms with Gasteiger partial charge < -0.3 is 4.74 Å². The van der Waals surface area contributed by atoms with Gasteiger partial charge in [-0.1, -0.05) is 102 Å². The lowest BCUT2D eigenvalue weighted by Crippen LogP contribution is -2.31. The van der Waals surface area contributed by atoms with Crippen LogP contribution in [-0.4, -0.2) is 13.9 Å². The van der Waals surface area contributed by atoms with Crippen LogP contribution < -0.4 is 15.7 Å². The predicted molar refractivity (Wildman–Crippen MR) is 141 cm³/mol. The highest BCUT2D eigenvalue weighted by Gasteiger charge is 2.55. The van der Waals surface area contributed by atoms with Gasteiger partial charge in [-0.3, -0.25) is 0 Å². The van der Waals surface area contributed by atoms with Gasteiger partial charge >= 0.3 is 0 Å². The van der Waals surface area contributed by atoms with Crippen LogP contribution in [0.15, 0.2) is 91.0 Å². The van der Waals surface area contributed by atoms with Crippen molar-refractivity contribution in [2.24, 2.45) is 0 Å². The van der Waals surface area contributed by atoms with Gasteiger partial charge in [0.2, 0.25) is 0 Å². The van der Waals surface area contributed by atoms with Crippen molar-refractivity contribution >= 4 is 35.1 Å². The van der Waals surface area contributed by atoms with Gasteiger partial charge in [-0.2, -0.15) is 0 Å². The summed E-state index contributed by atoms with van der Waals surface area (Å²) in [7, 11) is 1.04. The summed E-state index contributed by atoms with van der Waals surface area (Å²) in [4.78, 5) is 0. The Balaban J connectivity index is 1.60. The zero-order chi connectivity index (χ0) is 22.0. The molecule has 1 spiro atoms.